The summed E-state index contributed by atoms with van der Waals surface area (Å²) < 4.78 is 45.4. The van der Waals surface area contributed by atoms with E-state index in [-0.39, 0.29) is 43.8 Å². The number of hydrogen-bond donors (Lipinski definition) is 2. The number of amides is 1. The van der Waals surface area contributed by atoms with Gasteiger partial charge in [-0.2, -0.15) is 36.7 Å². The van der Waals surface area contributed by atoms with E-state index in [1.54, 1.807) is 24.0 Å². The lowest BCUT2D eigenvalue weighted by Crippen LogP contribution is -2.49. The first kappa shape index (κ1) is 28.0. The predicted molar refractivity (Wildman–Crippen MR) is 137 cm³/mol. The second-order valence-electron chi connectivity index (χ2n) is 8.88. The Morgan fingerprint density at radius 2 is 1.95 bits per heavy atom. The van der Waals surface area contributed by atoms with Crippen LogP contribution in [0.5, 0.6) is 5.88 Å². The minimum atomic E-state index is -4.55. The number of ether oxygens (including phenoxy) is 1. The van der Waals surface area contributed by atoms with Gasteiger partial charge in [0.15, 0.2) is 5.82 Å². The minimum absolute atomic E-state index is 0. The second-order valence-corrected chi connectivity index (χ2v) is 8.88. The minimum Gasteiger partial charge on any atom is -0.481 e. The lowest BCUT2D eigenvalue weighted by Gasteiger charge is -2.36. The average Bonchev–Trinajstić information content (AvgIpc) is 3.25. The van der Waals surface area contributed by atoms with Crippen molar-refractivity contribution in [3.05, 3.63) is 47.0 Å². The Bertz CT molecular complexity index is 1280. The Labute approximate surface area is 219 Å². The van der Waals surface area contributed by atoms with E-state index < -0.39 is 11.9 Å². The van der Waals surface area contributed by atoms with Crippen LogP contribution in [-0.2, 0) is 24.1 Å². The van der Waals surface area contributed by atoms with Crippen LogP contribution in [0.25, 0.3) is 0 Å². The molecular formula is C23H29F3N8O2S. The van der Waals surface area contributed by atoms with E-state index in [1.165, 1.54) is 13.2 Å². The van der Waals surface area contributed by atoms with Crippen molar-refractivity contribution in [3.63, 3.8) is 0 Å². The zero-order valence-electron chi connectivity index (χ0n) is 21.0. The number of hydrogen-bond acceptors (Lipinski definition) is 8. The Morgan fingerprint density at radius 3 is 2.59 bits per heavy atom. The molecule has 1 aliphatic rings. The lowest BCUT2D eigenvalue weighted by molar-refractivity contribution is -0.141. The summed E-state index contributed by atoms with van der Waals surface area (Å²) in [6, 6.07) is 1.91. The van der Waals surface area contributed by atoms with Gasteiger partial charge in [-0.1, -0.05) is 13.8 Å². The van der Waals surface area contributed by atoms with Crippen molar-refractivity contribution in [1.82, 2.24) is 24.7 Å². The number of alkyl halides is 3. The predicted octanol–water partition coefficient (Wildman–Crippen LogP) is 3.59. The Kier molecular flexibility index (Phi) is 8.20. The number of carbonyl (C=O) groups is 1. The van der Waals surface area contributed by atoms with Crippen molar-refractivity contribution in [2.24, 2.45) is 5.92 Å². The first-order valence-electron chi connectivity index (χ1n) is 11.3. The van der Waals surface area contributed by atoms with Crippen molar-refractivity contribution in [3.8, 4) is 5.88 Å². The van der Waals surface area contributed by atoms with Crippen LogP contribution in [0.1, 0.15) is 36.4 Å². The third-order valence-electron chi connectivity index (χ3n) is 5.86. The number of methoxy groups -OCH3 is 1. The average molecular weight is 539 g/mol. The second kappa shape index (κ2) is 10.8. The van der Waals surface area contributed by atoms with E-state index in [1.807, 2.05) is 25.8 Å². The largest absolute Gasteiger partial charge is 0.481 e. The molecule has 37 heavy (non-hydrogen) atoms. The van der Waals surface area contributed by atoms with Crippen molar-refractivity contribution in [2.75, 3.05) is 29.7 Å². The molecule has 0 aliphatic carbocycles. The summed E-state index contributed by atoms with van der Waals surface area (Å²) in [4.78, 5) is 27.0. The molecule has 0 saturated carbocycles. The maximum absolute atomic E-state index is 12.9. The zero-order valence-corrected chi connectivity index (χ0v) is 22.0. The number of aryl methyl sites for hydroxylation is 1. The number of likely N-dealkylation sites (N-methyl/N-ethyl adjacent to an activating group) is 1. The molecule has 3 aromatic rings. The van der Waals surface area contributed by atoms with Gasteiger partial charge in [0, 0.05) is 30.9 Å². The number of fused-ring (bicyclic) bond motifs is 1. The van der Waals surface area contributed by atoms with Gasteiger partial charge in [-0.3, -0.25) is 9.48 Å². The highest BCUT2D eigenvalue weighted by Crippen LogP contribution is 2.34. The van der Waals surface area contributed by atoms with Gasteiger partial charge in [-0.05, 0) is 25.0 Å². The Balaban J connectivity index is 0.00000380. The Morgan fingerprint density at radius 1 is 1.22 bits per heavy atom. The molecule has 0 fully saturated rings. The van der Waals surface area contributed by atoms with Crippen LogP contribution in [0.3, 0.4) is 0 Å². The molecule has 1 amide bonds. The molecule has 0 radical (unpaired) electrons. The molecule has 3 aromatic heterocycles. The normalized spacial score (nSPS) is 15.2. The number of carbonyl (C=O) groups excluding carboxylic acids is 1. The molecule has 14 heteroatoms. The quantitative estimate of drug-likeness (QED) is 0.470. The highest BCUT2D eigenvalue weighted by atomic mass is 32.1. The number of nitrogens with one attached hydrogen (secondary N) is 2. The fraction of sp³-hybridized carbons (Fsp3) is 0.435. The number of anilines is 3. The molecule has 0 saturated heterocycles. The van der Waals surface area contributed by atoms with Gasteiger partial charge in [0.1, 0.15) is 17.4 Å². The number of halogens is 3. The van der Waals surface area contributed by atoms with Crippen LogP contribution >= 0.6 is 13.5 Å². The van der Waals surface area contributed by atoms with Crippen LogP contribution in [0, 0.1) is 12.8 Å². The van der Waals surface area contributed by atoms with Gasteiger partial charge in [0.2, 0.25) is 17.7 Å². The summed E-state index contributed by atoms with van der Waals surface area (Å²) in [5, 5.41) is 10.4. The maximum atomic E-state index is 12.9. The van der Waals surface area contributed by atoms with Crippen molar-refractivity contribution in [1.29, 1.82) is 0 Å². The topological polar surface area (TPSA) is 110 Å². The van der Waals surface area contributed by atoms with E-state index in [0.717, 1.165) is 11.6 Å². The molecule has 2 N–H and O–H groups in total. The molecule has 0 bridgehead atoms. The Hall–Kier alpha value is -3.55. The van der Waals surface area contributed by atoms with Gasteiger partial charge in [-0.15, -0.1) is 0 Å². The number of nitrogens with zero attached hydrogens (tertiary/aromatic N) is 6. The summed E-state index contributed by atoms with van der Waals surface area (Å²) in [5.74, 6) is 0.951. The number of rotatable bonds is 7. The third kappa shape index (κ3) is 5.89. The lowest BCUT2D eigenvalue weighted by atomic mass is 9.99. The smallest absolute Gasteiger partial charge is 0.433 e. The standard InChI is InChI=1S/C23H27F3N8O2.H2S/c1-12(2)18-20(35)31-17-13(3)29-22(32-19(17)33(18)4)27-8-14-9-28-34(10-14)11-15-6-7-16(23(24,25)26)30-21(15)36-5;/h6-7,9-10,12,18H,8,11H2,1-5H3,(H,31,35)(H,27,29,32);1H2/t18-;/m0./s1. The van der Waals surface area contributed by atoms with Crippen molar-refractivity contribution in [2.45, 2.75) is 46.1 Å². The molecule has 10 nitrogen and oxygen atoms in total. The van der Waals surface area contributed by atoms with E-state index in [9.17, 15) is 18.0 Å². The first-order valence-corrected chi connectivity index (χ1v) is 11.3. The fourth-order valence-corrected chi connectivity index (χ4v) is 4.16. The molecule has 0 aromatic carbocycles. The summed E-state index contributed by atoms with van der Waals surface area (Å²) in [7, 11) is 3.12. The molecule has 1 aliphatic heterocycles. The molecule has 200 valence electrons. The van der Waals surface area contributed by atoms with Gasteiger partial charge >= 0.3 is 6.18 Å². The van der Waals surface area contributed by atoms with E-state index >= 15 is 0 Å². The molecule has 1 atom stereocenters. The zero-order chi connectivity index (χ0) is 26.2. The van der Waals surface area contributed by atoms with Crippen molar-refractivity contribution >= 4 is 36.9 Å². The van der Waals surface area contributed by atoms with Gasteiger partial charge in [-0.25, -0.2) is 9.97 Å². The SMILES string of the molecule is COc1nc(C(F)(F)F)ccc1Cn1cc(CNc2nc(C)c3c(n2)N(C)[C@@H](C(C)C)C(=O)N3)cn1.S. The highest BCUT2D eigenvalue weighted by molar-refractivity contribution is 7.59. The van der Waals surface area contributed by atoms with Crippen LogP contribution < -0.4 is 20.3 Å². The van der Waals surface area contributed by atoms with E-state index in [2.05, 4.69) is 30.7 Å². The van der Waals surface area contributed by atoms with Crippen LogP contribution in [0.2, 0.25) is 0 Å². The molecule has 0 unspecified atom stereocenters. The fourth-order valence-electron chi connectivity index (χ4n) is 4.16. The summed E-state index contributed by atoms with van der Waals surface area (Å²) >= 11 is 0. The summed E-state index contributed by atoms with van der Waals surface area (Å²) in [6.45, 7) is 6.31. The molecule has 0 spiro atoms. The van der Waals surface area contributed by atoms with Crippen LogP contribution in [0.4, 0.5) is 30.6 Å². The van der Waals surface area contributed by atoms with Crippen LogP contribution in [0.15, 0.2) is 24.5 Å². The van der Waals surface area contributed by atoms with Gasteiger partial charge < -0.3 is 20.3 Å². The van der Waals surface area contributed by atoms with E-state index in [0.29, 0.717) is 35.3 Å². The first-order chi connectivity index (χ1) is 17.0. The van der Waals surface area contributed by atoms with E-state index in [4.69, 9.17) is 4.74 Å². The molecular weight excluding hydrogens is 509 g/mol. The van der Waals surface area contributed by atoms with Crippen LogP contribution in [-0.4, -0.2) is 50.8 Å². The van der Waals surface area contributed by atoms with Gasteiger partial charge in [0.05, 0.1) is 25.5 Å². The number of aromatic nitrogens is 5. The molecule has 4 heterocycles. The number of pyridine rings is 1. The third-order valence-corrected chi connectivity index (χ3v) is 5.86. The monoisotopic (exact) mass is 538 g/mol. The molecule has 4 rings (SSSR count). The summed E-state index contributed by atoms with van der Waals surface area (Å²) in [5.41, 5.74) is 1.50. The summed E-state index contributed by atoms with van der Waals surface area (Å²) in [6.07, 6.45) is -1.15. The maximum Gasteiger partial charge on any atom is 0.433 e. The van der Waals surface area contributed by atoms with Crippen molar-refractivity contribution < 1.29 is 22.7 Å². The van der Waals surface area contributed by atoms with Gasteiger partial charge in [0.25, 0.3) is 0 Å². The highest BCUT2D eigenvalue weighted by Gasteiger charge is 2.35.